The summed E-state index contributed by atoms with van der Waals surface area (Å²) in [6.45, 7) is 1.27. The first-order valence-corrected chi connectivity index (χ1v) is 6.90. The van der Waals surface area contributed by atoms with Crippen LogP contribution in [-0.2, 0) is 19.6 Å². The van der Waals surface area contributed by atoms with Gasteiger partial charge in [0.1, 0.15) is 0 Å². The van der Waals surface area contributed by atoms with E-state index in [0.717, 1.165) is 11.4 Å². The molecule has 19 heavy (non-hydrogen) atoms. The van der Waals surface area contributed by atoms with Gasteiger partial charge in [0.05, 0.1) is 24.4 Å². The van der Waals surface area contributed by atoms with Gasteiger partial charge in [-0.25, -0.2) is 8.42 Å². The zero-order valence-electron chi connectivity index (χ0n) is 10.8. The van der Waals surface area contributed by atoms with Gasteiger partial charge in [-0.15, -0.1) is 0 Å². The van der Waals surface area contributed by atoms with Crippen molar-refractivity contribution < 1.29 is 17.9 Å². The van der Waals surface area contributed by atoms with Crippen molar-refractivity contribution in [2.45, 2.75) is 12.2 Å². The number of nitrogens with zero attached hydrogens (tertiary/aromatic N) is 2. The summed E-state index contributed by atoms with van der Waals surface area (Å²) < 4.78 is 29.7. The second-order valence-corrected chi connectivity index (χ2v) is 6.12. The Morgan fingerprint density at radius 2 is 1.89 bits per heavy atom. The second kappa shape index (κ2) is 5.71. The molecule has 0 aliphatic carbocycles. The van der Waals surface area contributed by atoms with Crippen LogP contribution in [0.5, 0.6) is 0 Å². The van der Waals surface area contributed by atoms with Crippen LogP contribution in [0.3, 0.4) is 0 Å². The number of anilines is 1. The van der Waals surface area contributed by atoms with Crippen LogP contribution in [-0.4, -0.2) is 33.8 Å². The normalized spacial score (nSPS) is 12.3. The zero-order valence-corrected chi connectivity index (χ0v) is 11.6. The highest BCUT2D eigenvalue weighted by molar-refractivity contribution is 7.94. The minimum absolute atomic E-state index is 0.370. The van der Waals surface area contributed by atoms with E-state index in [9.17, 15) is 13.2 Å². The molecule has 0 saturated carbocycles. The van der Waals surface area contributed by atoms with Gasteiger partial charge < -0.3 is 4.74 Å². The third-order valence-corrected chi connectivity index (χ3v) is 4.78. The molecular formula is C12H14N2O4S. The fraction of sp³-hybridized carbons (Fsp3) is 0.333. The molecule has 0 aromatic heterocycles. The Morgan fingerprint density at radius 1 is 1.37 bits per heavy atom. The van der Waals surface area contributed by atoms with Crippen molar-refractivity contribution in [2.24, 2.45) is 0 Å². The van der Waals surface area contributed by atoms with Crippen molar-refractivity contribution in [1.29, 1.82) is 5.26 Å². The number of rotatable bonds is 4. The number of benzene rings is 1. The summed E-state index contributed by atoms with van der Waals surface area (Å²) in [5, 5.41) is 7.38. The van der Waals surface area contributed by atoms with Crippen LogP contribution in [0.25, 0.3) is 0 Å². The molecule has 0 amide bonds. The lowest BCUT2D eigenvalue weighted by molar-refractivity contribution is -0.139. The van der Waals surface area contributed by atoms with Crippen LogP contribution >= 0.6 is 0 Å². The number of hydrogen-bond donors (Lipinski definition) is 0. The molecule has 1 rings (SSSR count). The summed E-state index contributed by atoms with van der Waals surface area (Å²) >= 11 is 0. The molecule has 6 nitrogen and oxygen atoms in total. The van der Waals surface area contributed by atoms with Crippen LogP contribution in [0.15, 0.2) is 24.3 Å². The number of hydrogen-bond acceptors (Lipinski definition) is 5. The monoisotopic (exact) mass is 282 g/mol. The summed E-state index contributed by atoms with van der Waals surface area (Å²) in [4.78, 5) is 11.3. The Balaban J connectivity index is 3.07. The van der Waals surface area contributed by atoms with E-state index in [4.69, 9.17) is 5.26 Å². The predicted molar refractivity (Wildman–Crippen MR) is 70.0 cm³/mol. The van der Waals surface area contributed by atoms with E-state index in [1.165, 1.54) is 38.2 Å². The minimum atomic E-state index is -3.85. The maximum atomic E-state index is 12.1. The van der Waals surface area contributed by atoms with Crippen LogP contribution in [0.4, 0.5) is 5.69 Å². The van der Waals surface area contributed by atoms with Gasteiger partial charge >= 0.3 is 5.97 Å². The molecule has 0 aliphatic heterocycles. The smallest absolute Gasteiger partial charge is 0.325 e. The third kappa shape index (κ3) is 3.03. The average molecular weight is 282 g/mol. The highest BCUT2D eigenvalue weighted by Gasteiger charge is 2.32. The summed E-state index contributed by atoms with van der Waals surface area (Å²) in [6, 6.07) is 7.95. The molecule has 1 aromatic carbocycles. The molecule has 7 heteroatoms. The summed E-state index contributed by atoms with van der Waals surface area (Å²) in [6.07, 6.45) is 0. The Hall–Kier alpha value is -2.07. The maximum Gasteiger partial charge on any atom is 0.325 e. The molecule has 0 heterocycles. The van der Waals surface area contributed by atoms with E-state index in [-0.39, 0.29) is 0 Å². The number of ether oxygens (including phenoxy) is 1. The topological polar surface area (TPSA) is 87.5 Å². The van der Waals surface area contributed by atoms with Gasteiger partial charge in [0, 0.05) is 7.05 Å². The lowest BCUT2D eigenvalue weighted by Crippen LogP contribution is -2.39. The average Bonchev–Trinajstić information content (AvgIpc) is 2.44. The standard InChI is InChI=1S/C12H14N2O4S/c1-9(12(15)18-3)19(16,17)14(2)11-6-4-10(8-13)5-7-11/h4-7,9H,1-3H3. The molecule has 0 aliphatic rings. The molecule has 0 radical (unpaired) electrons. The van der Waals surface area contributed by atoms with E-state index in [0.29, 0.717) is 11.3 Å². The number of methoxy groups -OCH3 is 1. The molecule has 0 fully saturated rings. The van der Waals surface area contributed by atoms with Gasteiger partial charge in [-0.05, 0) is 31.2 Å². The van der Waals surface area contributed by atoms with Crippen LogP contribution in [0, 0.1) is 11.3 Å². The van der Waals surface area contributed by atoms with Crippen molar-refractivity contribution in [3.8, 4) is 6.07 Å². The number of carbonyl (C=O) groups is 1. The van der Waals surface area contributed by atoms with Gasteiger partial charge in [0.25, 0.3) is 0 Å². The molecule has 0 bridgehead atoms. The van der Waals surface area contributed by atoms with Crippen molar-refractivity contribution in [3.63, 3.8) is 0 Å². The first-order valence-electron chi connectivity index (χ1n) is 5.40. The Kier molecular flexibility index (Phi) is 4.51. The number of sulfonamides is 1. The second-order valence-electron chi connectivity index (χ2n) is 3.84. The van der Waals surface area contributed by atoms with E-state index < -0.39 is 21.2 Å². The Bertz CT molecular complexity index is 602. The summed E-state index contributed by atoms with van der Waals surface area (Å²) in [5.41, 5.74) is 0.797. The molecule has 1 atom stereocenters. The predicted octanol–water partition coefficient (Wildman–Crippen LogP) is 0.886. The SMILES string of the molecule is COC(=O)C(C)S(=O)(=O)N(C)c1ccc(C#N)cc1. The highest BCUT2D eigenvalue weighted by Crippen LogP contribution is 2.19. The lowest BCUT2D eigenvalue weighted by Gasteiger charge is -2.22. The lowest BCUT2D eigenvalue weighted by atomic mass is 10.2. The largest absolute Gasteiger partial charge is 0.468 e. The number of nitriles is 1. The van der Waals surface area contributed by atoms with Gasteiger partial charge in [-0.2, -0.15) is 5.26 Å². The minimum Gasteiger partial charge on any atom is -0.468 e. The first-order chi connectivity index (χ1) is 8.84. The van der Waals surface area contributed by atoms with Gasteiger partial charge in [0.2, 0.25) is 10.0 Å². The van der Waals surface area contributed by atoms with Crippen LogP contribution < -0.4 is 4.31 Å². The molecule has 1 unspecified atom stereocenters. The molecule has 102 valence electrons. The zero-order chi connectivity index (χ0) is 14.6. The van der Waals surface area contributed by atoms with E-state index in [1.807, 2.05) is 6.07 Å². The first kappa shape index (κ1) is 15.0. The van der Waals surface area contributed by atoms with E-state index >= 15 is 0 Å². The fourth-order valence-corrected chi connectivity index (χ4v) is 2.65. The third-order valence-electron chi connectivity index (χ3n) is 2.72. The van der Waals surface area contributed by atoms with Crippen molar-refractivity contribution >= 4 is 21.7 Å². The fourth-order valence-electron chi connectivity index (χ4n) is 1.42. The Labute approximate surface area is 112 Å². The molecular weight excluding hydrogens is 268 g/mol. The van der Waals surface area contributed by atoms with Crippen molar-refractivity contribution in [1.82, 2.24) is 0 Å². The molecule has 0 spiro atoms. The van der Waals surface area contributed by atoms with Crippen LogP contribution in [0.1, 0.15) is 12.5 Å². The van der Waals surface area contributed by atoms with Gasteiger partial charge in [-0.1, -0.05) is 0 Å². The van der Waals surface area contributed by atoms with Gasteiger partial charge in [0.15, 0.2) is 5.25 Å². The van der Waals surface area contributed by atoms with Crippen molar-refractivity contribution in [3.05, 3.63) is 29.8 Å². The Morgan fingerprint density at radius 3 is 2.32 bits per heavy atom. The van der Waals surface area contributed by atoms with E-state index in [2.05, 4.69) is 4.74 Å². The summed E-state index contributed by atoms with van der Waals surface area (Å²) in [7, 11) is -1.37. The number of esters is 1. The van der Waals surface area contributed by atoms with Crippen LogP contribution in [0.2, 0.25) is 0 Å². The molecule has 0 N–H and O–H groups in total. The van der Waals surface area contributed by atoms with E-state index in [1.54, 1.807) is 0 Å². The van der Waals surface area contributed by atoms with Gasteiger partial charge in [-0.3, -0.25) is 9.10 Å². The molecule has 0 saturated heterocycles. The molecule has 1 aromatic rings. The highest BCUT2D eigenvalue weighted by atomic mass is 32.2. The quantitative estimate of drug-likeness (QED) is 0.765. The maximum absolute atomic E-state index is 12.1. The number of carbonyl (C=O) groups excluding carboxylic acids is 1. The van der Waals surface area contributed by atoms with Crippen molar-refractivity contribution in [2.75, 3.05) is 18.5 Å². The summed E-state index contributed by atoms with van der Waals surface area (Å²) in [5.74, 6) is -0.819.